The topological polar surface area (TPSA) is 41.1 Å². The Hall–Kier alpha value is -1.91. The second-order valence-corrected chi connectivity index (χ2v) is 8.87. The quantitative estimate of drug-likeness (QED) is 0.739. The smallest absolute Gasteiger partial charge is 0.224 e. The van der Waals surface area contributed by atoms with Crippen LogP contribution in [-0.2, 0) is 11.2 Å². The number of fused-ring (bicyclic) bond motifs is 1. The van der Waals surface area contributed by atoms with Crippen LogP contribution < -0.4 is 10.6 Å². The van der Waals surface area contributed by atoms with Gasteiger partial charge in [0.2, 0.25) is 5.91 Å². The molecule has 1 aliphatic heterocycles. The van der Waals surface area contributed by atoms with Gasteiger partial charge in [0.1, 0.15) is 5.82 Å². The summed E-state index contributed by atoms with van der Waals surface area (Å²) in [6.45, 7) is 8.82. The van der Waals surface area contributed by atoms with Crippen LogP contribution in [0.2, 0.25) is 5.02 Å². The van der Waals surface area contributed by atoms with Gasteiger partial charge in [0.15, 0.2) is 0 Å². The van der Waals surface area contributed by atoms with Crippen LogP contribution in [0.25, 0.3) is 0 Å². The first-order valence-electron chi connectivity index (χ1n) is 9.26. The number of hydrogen-bond acceptors (Lipinski definition) is 2. The lowest BCUT2D eigenvalue weighted by atomic mass is 9.89. The van der Waals surface area contributed by atoms with Crippen LogP contribution in [0.4, 0.5) is 10.1 Å². The molecular weight excluding hydrogens is 363 g/mol. The average molecular weight is 389 g/mol. The van der Waals surface area contributed by atoms with Crippen molar-refractivity contribution in [2.75, 3.05) is 11.9 Å². The molecule has 144 valence electrons. The lowest BCUT2D eigenvalue weighted by Gasteiger charge is -2.28. The first-order valence-corrected chi connectivity index (χ1v) is 9.63. The summed E-state index contributed by atoms with van der Waals surface area (Å²) in [6, 6.07) is 8.71. The maximum atomic E-state index is 13.8. The van der Waals surface area contributed by atoms with Crippen molar-refractivity contribution >= 4 is 23.2 Å². The Bertz CT molecular complexity index is 850. The van der Waals surface area contributed by atoms with E-state index < -0.39 is 0 Å². The largest absolute Gasteiger partial charge is 0.325 e. The van der Waals surface area contributed by atoms with E-state index in [9.17, 15) is 9.18 Å². The monoisotopic (exact) mass is 388 g/mol. The van der Waals surface area contributed by atoms with Crippen LogP contribution in [0.5, 0.6) is 0 Å². The predicted molar refractivity (Wildman–Crippen MR) is 109 cm³/mol. The van der Waals surface area contributed by atoms with Crippen molar-refractivity contribution in [2.24, 2.45) is 5.41 Å². The van der Waals surface area contributed by atoms with Gasteiger partial charge in [-0.2, -0.15) is 0 Å². The van der Waals surface area contributed by atoms with E-state index in [0.29, 0.717) is 17.1 Å². The number of benzene rings is 2. The van der Waals surface area contributed by atoms with Gasteiger partial charge in [-0.25, -0.2) is 4.39 Å². The molecule has 1 atom stereocenters. The maximum Gasteiger partial charge on any atom is 0.224 e. The summed E-state index contributed by atoms with van der Waals surface area (Å²) < 4.78 is 13.8. The number of anilines is 1. The number of amides is 1. The molecule has 2 aromatic carbocycles. The van der Waals surface area contributed by atoms with E-state index in [2.05, 4.69) is 10.6 Å². The molecule has 1 amide bonds. The predicted octanol–water partition coefficient (Wildman–Crippen LogP) is 5.40. The van der Waals surface area contributed by atoms with Crippen LogP contribution in [0, 0.1) is 18.2 Å². The number of aryl methyl sites for hydroxylation is 1. The Labute approximate surface area is 165 Å². The zero-order valence-corrected chi connectivity index (χ0v) is 17.0. The summed E-state index contributed by atoms with van der Waals surface area (Å²) in [5.41, 5.74) is 4.51. The van der Waals surface area contributed by atoms with E-state index in [1.165, 1.54) is 6.07 Å². The molecule has 0 fully saturated rings. The van der Waals surface area contributed by atoms with Gasteiger partial charge in [-0.05, 0) is 59.2 Å². The van der Waals surface area contributed by atoms with Gasteiger partial charge >= 0.3 is 0 Å². The molecule has 3 rings (SSSR count). The summed E-state index contributed by atoms with van der Waals surface area (Å²) >= 11 is 6.51. The van der Waals surface area contributed by atoms with Crippen molar-refractivity contribution in [1.29, 1.82) is 0 Å². The molecule has 3 nitrogen and oxygen atoms in total. The summed E-state index contributed by atoms with van der Waals surface area (Å²) in [7, 11) is 0. The number of nitrogens with one attached hydrogen (secondary N) is 2. The Morgan fingerprint density at radius 3 is 2.70 bits per heavy atom. The summed E-state index contributed by atoms with van der Waals surface area (Å²) in [5.74, 6) is -0.292. The third kappa shape index (κ3) is 4.69. The van der Waals surface area contributed by atoms with Crippen molar-refractivity contribution in [2.45, 2.75) is 46.6 Å². The van der Waals surface area contributed by atoms with Gasteiger partial charge < -0.3 is 10.6 Å². The standard InChI is InChI=1S/C22H26ClFN2O/c1-13-9-15(10-18(23)20(13)26-19(27)12-22(2,3)4)21-17-11-16(24)6-5-14(17)7-8-25-21/h5-6,9-11,21,25H,7-8,12H2,1-4H3,(H,26,27). The van der Waals surface area contributed by atoms with Crippen LogP contribution in [0.15, 0.2) is 30.3 Å². The normalized spacial score (nSPS) is 16.7. The van der Waals surface area contributed by atoms with Crippen LogP contribution in [0.1, 0.15) is 55.5 Å². The highest BCUT2D eigenvalue weighted by Gasteiger charge is 2.24. The first-order chi connectivity index (χ1) is 12.6. The van der Waals surface area contributed by atoms with Gasteiger partial charge in [0.25, 0.3) is 0 Å². The molecule has 1 unspecified atom stereocenters. The Morgan fingerprint density at radius 2 is 2.04 bits per heavy atom. The van der Waals surface area contributed by atoms with Gasteiger partial charge in [0, 0.05) is 13.0 Å². The van der Waals surface area contributed by atoms with E-state index >= 15 is 0 Å². The first kappa shape index (κ1) is 19.8. The van der Waals surface area contributed by atoms with E-state index in [4.69, 9.17) is 11.6 Å². The fraction of sp³-hybridized carbons (Fsp3) is 0.409. The zero-order valence-electron chi connectivity index (χ0n) is 16.2. The molecule has 0 saturated carbocycles. The fourth-order valence-electron chi connectivity index (χ4n) is 3.58. The fourth-order valence-corrected chi connectivity index (χ4v) is 3.90. The molecule has 1 aliphatic rings. The number of halogens is 2. The minimum absolute atomic E-state index is 0.0524. The van der Waals surface area contributed by atoms with Crippen molar-refractivity contribution in [3.8, 4) is 0 Å². The number of carbonyl (C=O) groups is 1. The molecule has 0 saturated heterocycles. The number of rotatable bonds is 3. The Morgan fingerprint density at radius 1 is 1.30 bits per heavy atom. The van der Waals surface area contributed by atoms with Crippen molar-refractivity contribution < 1.29 is 9.18 Å². The minimum atomic E-state index is -0.240. The second kappa shape index (κ2) is 7.61. The van der Waals surface area contributed by atoms with E-state index in [1.54, 1.807) is 6.07 Å². The van der Waals surface area contributed by atoms with Gasteiger partial charge in [-0.1, -0.05) is 44.5 Å². The van der Waals surface area contributed by atoms with Crippen LogP contribution in [0.3, 0.4) is 0 Å². The molecule has 0 aliphatic carbocycles. The van der Waals surface area contributed by atoms with Gasteiger partial charge in [-0.15, -0.1) is 0 Å². The summed E-state index contributed by atoms with van der Waals surface area (Å²) in [4.78, 5) is 12.3. The molecule has 2 N–H and O–H groups in total. The Kier molecular flexibility index (Phi) is 5.59. The van der Waals surface area contributed by atoms with Crippen LogP contribution >= 0.6 is 11.6 Å². The number of carbonyl (C=O) groups excluding carboxylic acids is 1. The third-order valence-corrected chi connectivity index (χ3v) is 5.06. The van der Waals surface area contributed by atoms with E-state index in [-0.39, 0.29) is 23.2 Å². The number of hydrogen-bond donors (Lipinski definition) is 2. The molecule has 0 bridgehead atoms. The van der Waals surface area contributed by atoms with Gasteiger partial charge in [-0.3, -0.25) is 4.79 Å². The molecule has 27 heavy (non-hydrogen) atoms. The second-order valence-electron chi connectivity index (χ2n) is 8.46. The molecule has 0 radical (unpaired) electrons. The van der Waals surface area contributed by atoms with Crippen molar-refractivity contribution in [3.63, 3.8) is 0 Å². The third-order valence-electron chi connectivity index (χ3n) is 4.76. The highest BCUT2D eigenvalue weighted by atomic mass is 35.5. The zero-order chi connectivity index (χ0) is 19.8. The van der Waals surface area contributed by atoms with Gasteiger partial charge in [0.05, 0.1) is 16.8 Å². The molecule has 0 spiro atoms. The van der Waals surface area contributed by atoms with E-state index in [0.717, 1.165) is 35.2 Å². The van der Waals surface area contributed by atoms with E-state index in [1.807, 2.05) is 45.9 Å². The maximum absolute atomic E-state index is 13.8. The van der Waals surface area contributed by atoms with Crippen molar-refractivity contribution in [1.82, 2.24) is 5.32 Å². The Balaban J connectivity index is 1.90. The lowest BCUT2D eigenvalue weighted by molar-refractivity contribution is -0.117. The molecule has 1 heterocycles. The lowest BCUT2D eigenvalue weighted by Crippen LogP contribution is -2.30. The molecule has 0 aromatic heterocycles. The summed E-state index contributed by atoms with van der Waals surface area (Å²) in [5, 5.41) is 6.89. The highest BCUT2D eigenvalue weighted by molar-refractivity contribution is 6.34. The highest BCUT2D eigenvalue weighted by Crippen LogP contribution is 2.35. The van der Waals surface area contributed by atoms with Crippen LogP contribution in [-0.4, -0.2) is 12.5 Å². The SMILES string of the molecule is Cc1cc(C2NCCc3ccc(F)cc32)cc(Cl)c1NC(=O)CC(C)(C)C. The molecule has 5 heteroatoms. The molecular formula is C22H26ClFN2O. The minimum Gasteiger partial charge on any atom is -0.325 e. The van der Waals surface area contributed by atoms with Crippen molar-refractivity contribution in [3.05, 3.63) is 63.4 Å². The summed E-state index contributed by atoms with van der Waals surface area (Å²) in [6.07, 6.45) is 1.29. The molecule has 2 aromatic rings. The average Bonchev–Trinajstić information content (AvgIpc) is 2.55.